The molecule has 0 aromatic heterocycles. The summed E-state index contributed by atoms with van der Waals surface area (Å²) in [5.41, 5.74) is 1.97. The summed E-state index contributed by atoms with van der Waals surface area (Å²) in [5.74, 6) is -1.18. The molecule has 0 radical (unpaired) electrons. The molecule has 0 spiro atoms. The monoisotopic (exact) mass is 323 g/mol. The lowest BCUT2D eigenvalue weighted by atomic mass is 9.92. The van der Waals surface area contributed by atoms with Crippen LogP contribution in [0.1, 0.15) is 27.6 Å². The predicted octanol–water partition coefficient (Wildman–Crippen LogP) is 1.48. The minimum atomic E-state index is -0.961. The van der Waals surface area contributed by atoms with Crippen LogP contribution in [0.2, 0.25) is 0 Å². The van der Waals surface area contributed by atoms with Gasteiger partial charge in [0.1, 0.15) is 6.10 Å². The summed E-state index contributed by atoms with van der Waals surface area (Å²) < 4.78 is 0. The zero-order valence-electron chi connectivity index (χ0n) is 12.8. The number of nitrogens with one attached hydrogen (secondary N) is 1. The van der Waals surface area contributed by atoms with Crippen LogP contribution >= 0.6 is 0 Å². The van der Waals surface area contributed by atoms with Gasteiger partial charge in [-0.3, -0.25) is 9.59 Å². The van der Waals surface area contributed by atoms with Crippen LogP contribution in [-0.2, 0) is 4.79 Å². The lowest BCUT2D eigenvalue weighted by Crippen LogP contribution is -2.38. The van der Waals surface area contributed by atoms with Crippen LogP contribution in [0.5, 0.6) is 0 Å². The first-order valence-electron chi connectivity index (χ1n) is 7.62. The number of Topliss-reactive ketones (excluding diaryl/α,β-unsaturated/α-hetero) is 1. The first-order chi connectivity index (χ1) is 11.6. The number of aliphatic hydroxyl groups is 2. The molecule has 2 aromatic carbocycles. The molecule has 0 saturated heterocycles. The molecule has 0 amide bonds. The second-order valence-electron chi connectivity index (χ2n) is 5.59. The number of fused-ring (bicyclic) bond motifs is 1. The number of hydrogen-bond donors (Lipinski definition) is 3. The molecule has 24 heavy (non-hydrogen) atoms. The van der Waals surface area contributed by atoms with Crippen molar-refractivity contribution in [2.24, 2.45) is 0 Å². The lowest BCUT2D eigenvalue weighted by Gasteiger charge is -2.27. The summed E-state index contributed by atoms with van der Waals surface area (Å²) in [4.78, 5) is 23.8. The molecule has 0 heterocycles. The van der Waals surface area contributed by atoms with E-state index in [9.17, 15) is 19.8 Å². The maximum atomic E-state index is 12.0. The van der Waals surface area contributed by atoms with Crippen LogP contribution in [0.4, 0.5) is 0 Å². The Labute approximate surface area is 139 Å². The Morgan fingerprint density at radius 2 is 1.54 bits per heavy atom. The van der Waals surface area contributed by atoms with Crippen molar-refractivity contribution in [1.29, 1.82) is 0 Å². The number of benzene rings is 2. The summed E-state index contributed by atoms with van der Waals surface area (Å²) >= 11 is 0. The van der Waals surface area contributed by atoms with E-state index >= 15 is 0 Å². The summed E-state index contributed by atoms with van der Waals surface area (Å²) in [6.45, 7) is -0.336. The number of allylic oxidation sites excluding steroid dienone is 1. The lowest BCUT2D eigenvalue weighted by molar-refractivity contribution is -0.111. The van der Waals surface area contributed by atoms with E-state index < -0.39 is 23.7 Å². The van der Waals surface area contributed by atoms with E-state index in [2.05, 4.69) is 5.32 Å². The minimum Gasteiger partial charge on any atom is -0.394 e. The van der Waals surface area contributed by atoms with Gasteiger partial charge < -0.3 is 15.5 Å². The Hall–Kier alpha value is -2.76. The topological polar surface area (TPSA) is 86.6 Å². The van der Waals surface area contributed by atoms with Gasteiger partial charge >= 0.3 is 0 Å². The summed E-state index contributed by atoms with van der Waals surface area (Å²) in [5, 5.41) is 23.1. The van der Waals surface area contributed by atoms with Crippen molar-refractivity contribution >= 4 is 17.3 Å². The Morgan fingerprint density at radius 3 is 2.21 bits per heavy atom. The molecule has 122 valence electrons. The van der Waals surface area contributed by atoms with E-state index in [1.807, 2.05) is 6.07 Å². The zero-order valence-corrected chi connectivity index (χ0v) is 12.8. The molecule has 0 aliphatic heterocycles. The van der Waals surface area contributed by atoms with Crippen molar-refractivity contribution in [2.75, 3.05) is 6.61 Å². The first kappa shape index (κ1) is 16.1. The molecule has 1 aliphatic rings. The third-order valence-electron chi connectivity index (χ3n) is 4.02. The molecule has 3 rings (SSSR count). The quantitative estimate of drug-likeness (QED) is 0.726. The molecule has 5 nitrogen and oxygen atoms in total. The van der Waals surface area contributed by atoms with Gasteiger partial charge in [0.05, 0.1) is 12.6 Å². The normalized spacial score (nSPS) is 16.2. The van der Waals surface area contributed by atoms with E-state index in [4.69, 9.17) is 0 Å². The van der Waals surface area contributed by atoms with Crippen LogP contribution in [-0.4, -0.2) is 34.4 Å². The van der Waals surface area contributed by atoms with Crippen LogP contribution in [0, 0.1) is 0 Å². The van der Waals surface area contributed by atoms with Crippen molar-refractivity contribution in [3.8, 4) is 0 Å². The highest BCUT2D eigenvalue weighted by molar-refractivity contribution is 6.50. The molecular formula is C19H17NO4. The minimum absolute atomic E-state index is 0.318. The fraction of sp³-hybridized carbons (Fsp3) is 0.158. The molecular weight excluding hydrogens is 306 g/mol. The molecule has 3 N–H and O–H groups in total. The number of carbonyl (C=O) groups excluding carboxylic acids is 2. The third-order valence-corrected chi connectivity index (χ3v) is 4.02. The number of carbonyl (C=O) groups is 2. The van der Waals surface area contributed by atoms with Crippen LogP contribution < -0.4 is 5.32 Å². The van der Waals surface area contributed by atoms with Gasteiger partial charge in [0.25, 0.3) is 0 Å². The smallest absolute Gasteiger partial charge is 0.233 e. The highest BCUT2D eigenvalue weighted by Gasteiger charge is 2.28. The summed E-state index contributed by atoms with van der Waals surface area (Å²) in [6.07, 6.45) is 0.252. The fourth-order valence-corrected chi connectivity index (χ4v) is 2.75. The zero-order chi connectivity index (χ0) is 17.1. The Bertz CT molecular complexity index is 798. The van der Waals surface area contributed by atoms with Crippen molar-refractivity contribution < 1.29 is 19.8 Å². The average Bonchev–Trinajstić information content (AvgIpc) is 2.63. The summed E-state index contributed by atoms with van der Waals surface area (Å²) in [7, 11) is 0. The molecule has 0 fully saturated rings. The molecule has 0 unspecified atom stereocenters. The molecule has 0 bridgehead atoms. The maximum absolute atomic E-state index is 12.0. The van der Waals surface area contributed by atoms with E-state index in [-0.39, 0.29) is 6.61 Å². The van der Waals surface area contributed by atoms with Gasteiger partial charge in [-0.15, -0.1) is 0 Å². The standard InChI is InChI=1S/C19H17NO4/c21-11-16(18(23)12-6-2-1-3-7-12)20-15-10-17(22)19(24)14-9-5-4-8-13(14)15/h1-10,16,18,20-21,23H,11H2/t16-,18+/m1/s1. The molecule has 0 saturated carbocycles. The molecule has 2 atom stereocenters. The largest absolute Gasteiger partial charge is 0.394 e. The van der Waals surface area contributed by atoms with Crippen LogP contribution in [0.25, 0.3) is 5.70 Å². The Kier molecular flexibility index (Phi) is 4.55. The van der Waals surface area contributed by atoms with Gasteiger partial charge in [-0.05, 0) is 5.56 Å². The average molecular weight is 323 g/mol. The Balaban J connectivity index is 1.90. The van der Waals surface area contributed by atoms with Gasteiger partial charge in [0.2, 0.25) is 11.6 Å². The molecule has 1 aliphatic carbocycles. The van der Waals surface area contributed by atoms with Crippen LogP contribution in [0.15, 0.2) is 60.7 Å². The van der Waals surface area contributed by atoms with Gasteiger partial charge in [0.15, 0.2) is 0 Å². The highest BCUT2D eigenvalue weighted by Crippen LogP contribution is 2.25. The first-order valence-corrected chi connectivity index (χ1v) is 7.62. The SMILES string of the molecule is O=C1C=C(N[C@H](CO)[C@@H](O)c2ccccc2)c2ccccc2C1=O. The van der Waals surface area contributed by atoms with Crippen molar-refractivity contribution in [2.45, 2.75) is 12.1 Å². The fourth-order valence-electron chi connectivity index (χ4n) is 2.75. The molecule has 5 heteroatoms. The number of aliphatic hydroxyl groups excluding tert-OH is 2. The third kappa shape index (κ3) is 2.99. The van der Waals surface area contributed by atoms with E-state index in [0.29, 0.717) is 22.4 Å². The van der Waals surface area contributed by atoms with E-state index in [0.717, 1.165) is 0 Å². The van der Waals surface area contributed by atoms with Gasteiger partial charge in [-0.1, -0.05) is 54.6 Å². The second kappa shape index (κ2) is 6.78. The number of rotatable bonds is 5. The summed E-state index contributed by atoms with van der Waals surface area (Å²) in [6, 6.07) is 15.0. The highest BCUT2D eigenvalue weighted by atomic mass is 16.3. The van der Waals surface area contributed by atoms with Gasteiger partial charge in [-0.25, -0.2) is 0 Å². The predicted molar refractivity (Wildman–Crippen MR) is 89.2 cm³/mol. The van der Waals surface area contributed by atoms with E-state index in [1.165, 1.54) is 6.08 Å². The molecule has 2 aromatic rings. The van der Waals surface area contributed by atoms with Crippen molar-refractivity contribution in [1.82, 2.24) is 5.32 Å². The van der Waals surface area contributed by atoms with E-state index in [1.54, 1.807) is 48.5 Å². The number of hydrogen-bond acceptors (Lipinski definition) is 5. The number of ketones is 2. The van der Waals surface area contributed by atoms with Crippen molar-refractivity contribution in [3.63, 3.8) is 0 Å². The Morgan fingerprint density at radius 1 is 0.917 bits per heavy atom. The second-order valence-corrected chi connectivity index (χ2v) is 5.59. The maximum Gasteiger partial charge on any atom is 0.233 e. The van der Waals surface area contributed by atoms with Gasteiger partial charge in [0, 0.05) is 22.9 Å². The van der Waals surface area contributed by atoms with Gasteiger partial charge in [-0.2, -0.15) is 0 Å². The van der Waals surface area contributed by atoms with Crippen molar-refractivity contribution in [3.05, 3.63) is 77.4 Å². The van der Waals surface area contributed by atoms with Crippen LogP contribution in [0.3, 0.4) is 0 Å².